The molecular weight excluding hydrogens is 480 g/mol. The highest BCUT2D eigenvalue weighted by atomic mass is 16.6. The maximum Gasteiger partial charge on any atom is 0.338 e. The van der Waals surface area contributed by atoms with Crippen LogP contribution in [0.15, 0.2) is 56.7 Å². The van der Waals surface area contributed by atoms with Crippen LogP contribution in [0.5, 0.6) is 0 Å². The lowest BCUT2D eigenvalue weighted by molar-refractivity contribution is -0.104. The molecule has 0 aliphatic heterocycles. The molecule has 2 atom stereocenters. The van der Waals surface area contributed by atoms with Crippen LogP contribution in [-0.2, 0) is 28.4 Å². The smallest absolute Gasteiger partial charge is 0.338 e. The van der Waals surface area contributed by atoms with Gasteiger partial charge in [0.2, 0.25) is 0 Å². The van der Waals surface area contributed by atoms with Crippen molar-refractivity contribution in [2.45, 2.75) is 50.9 Å². The molecule has 0 bridgehead atoms. The predicted octanol–water partition coefficient (Wildman–Crippen LogP) is 4.72. The quantitative estimate of drug-likeness (QED) is 0.0861. The first-order valence-corrected chi connectivity index (χ1v) is 12.6. The van der Waals surface area contributed by atoms with Crippen molar-refractivity contribution in [3.63, 3.8) is 0 Å². The lowest BCUT2D eigenvalue weighted by Crippen LogP contribution is -2.15. The maximum atomic E-state index is 12.8. The summed E-state index contributed by atoms with van der Waals surface area (Å²) in [6.07, 6.45) is 6.44. The van der Waals surface area contributed by atoms with Gasteiger partial charge in [-0.05, 0) is 62.3 Å². The number of carbonyl (C=O) groups is 1. The van der Waals surface area contributed by atoms with Gasteiger partial charge in [-0.25, -0.2) is 4.79 Å². The van der Waals surface area contributed by atoms with Crippen molar-refractivity contribution in [2.24, 2.45) is 0 Å². The van der Waals surface area contributed by atoms with Gasteiger partial charge >= 0.3 is 5.97 Å². The molecule has 1 rings (SSSR count). The Kier molecular flexibility index (Phi) is 18.5. The normalized spacial score (nSPS) is 12.3. The second kappa shape index (κ2) is 21.3. The summed E-state index contributed by atoms with van der Waals surface area (Å²) in [5.74, 6) is -0.542. The SMILES string of the molecule is C=COCCCCOC(=O)c1cc(C(O)OCCCCOC=C)cc(C(CO)OCCCCOC=C)c1. The first-order chi connectivity index (χ1) is 18.1. The van der Waals surface area contributed by atoms with Crippen LogP contribution in [0.3, 0.4) is 0 Å². The van der Waals surface area contributed by atoms with Crippen LogP contribution >= 0.6 is 0 Å². The Labute approximate surface area is 220 Å². The largest absolute Gasteiger partial charge is 0.502 e. The van der Waals surface area contributed by atoms with Crippen LogP contribution in [0.2, 0.25) is 0 Å². The summed E-state index contributed by atoms with van der Waals surface area (Å²) in [6, 6.07) is 4.80. The van der Waals surface area contributed by atoms with Gasteiger partial charge in [0.15, 0.2) is 6.29 Å². The molecule has 2 unspecified atom stereocenters. The van der Waals surface area contributed by atoms with E-state index in [-0.39, 0.29) is 18.8 Å². The van der Waals surface area contributed by atoms with Crippen molar-refractivity contribution < 1.29 is 43.4 Å². The Morgan fingerprint density at radius 2 is 1.22 bits per heavy atom. The number of carbonyl (C=O) groups excluding carboxylic acids is 1. The van der Waals surface area contributed by atoms with E-state index in [1.54, 1.807) is 12.1 Å². The lowest BCUT2D eigenvalue weighted by Gasteiger charge is -2.20. The number of esters is 1. The minimum absolute atomic E-state index is 0.220. The van der Waals surface area contributed by atoms with E-state index in [0.29, 0.717) is 63.4 Å². The van der Waals surface area contributed by atoms with Crippen LogP contribution < -0.4 is 0 Å². The van der Waals surface area contributed by atoms with E-state index in [9.17, 15) is 15.0 Å². The van der Waals surface area contributed by atoms with Crippen molar-refractivity contribution in [1.29, 1.82) is 0 Å². The summed E-state index contributed by atoms with van der Waals surface area (Å²) in [4.78, 5) is 12.8. The Morgan fingerprint density at radius 1 is 0.730 bits per heavy atom. The first kappa shape index (κ1) is 32.2. The zero-order chi connectivity index (χ0) is 27.1. The van der Waals surface area contributed by atoms with Gasteiger partial charge in [-0.2, -0.15) is 0 Å². The summed E-state index contributed by atoms with van der Waals surface area (Å²) in [5.41, 5.74) is 1.14. The molecule has 1 aromatic carbocycles. The molecule has 1 aromatic rings. The monoisotopic (exact) mass is 522 g/mol. The summed E-state index contributed by atoms with van der Waals surface area (Å²) >= 11 is 0. The molecule has 0 saturated carbocycles. The second-order valence-electron chi connectivity index (χ2n) is 8.02. The van der Waals surface area contributed by atoms with Crippen molar-refractivity contribution in [3.8, 4) is 0 Å². The van der Waals surface area contributed by atoms with E-state index < -0.39 is 18.4 Å². The topological polar surface area (TPSA) is 113 Å². The van der Waals surface area contributed by atoms with Gasteiger partial charge in [0, 0.05) is 12.2 Å². The highest BCUT2D eigenvalue weighted by molar-refractivity contribution is 5.90. The molecule has 0 aromatic heterocycles. The fourth-order valence-electron chi connectivity index (χ4n) is 3.25. The molecule has 0 spiro atoms. The number of unbranched alkanes of at least 4 members (excludes halogenated alkanes) is 3. The first-order valence-electron chi connectivity index (χ1n) is 12.6. The second-order valence-corrected chi connectivity index (χ2v) is 8.02. The number of ether oxygens (including phenoxy) is 6. The van der Waals surface area contributed by atoms with Crippen LogP contribution in [-0.4, -0.2) is 62.4 Å². The van der Waals surface area contributed by atoms with Crippen molar-refractivity contribution in [1.82, 2.24) is 0 Å². The van der Waals surface area contributed by atoms with Crippen molar-refractivity contribution in [3.05, 3.63) is 73.4 Å². The van der Waals surface area contributed by atoms with Crippen molar-refractivity contribution in [2.75, 3.05) is 46.2 Å². The molecule has 0 aliphatic carbocycles. The molecule has 0 saturated heterocycles. The van der Waals surface area contributed by atoms with Gasteiger partial charge < -0.3 is 38.6 Å². The van der Waals surface area contributed by atoms with Crippen molar-refractivity contribution >= 4 is 5.97 Å². The van der Waals surface area contributed by atoms with E-state index in [1.165, 1.54) is 24.9 Å². The number of aliphatic hydroxyl groups excluding tert-OH is 2. The number of benzene rings is 1. The number of aliphatic hydroxyl groups is 2. The van der Waals surface area contributed by atoms with Crippen LogP contribution in [0.25, 0.3) is 0 Å². The van der Waals surface area contributed by atoms with E-state index in [1.807, 2.05) is 0 Å². The minimum Gasteiger partial charge on any atom is -0.502 e. The third-order valence-corrected chi connectivity index (χ3v) is 5.19. The molecule has 0 amide bonds. The summed E-state index contributed by atoms with van der Waals surface area (Å²) in [5, 5.41) is 20.6. The molecule has 0 radical (unpaired) electrons. The van der Waals surface area contributed by atoms with Gasteiger partial charge in [0.1, 0.15) is 6.10 Å². The Balaban J connectivity index is 2.86. The Hall–Kier alpha value is -2.85. The van der Waals surface area contributed by atoms with Crippen LogP contribution in [0, 0.1) is 0 Å². The molecular formula is C28H42O9. The average molecular weight is 523 g/mol. The number of hydrogen-bond donors (Lipinski definition) is 2. The van der Waals surface area contributed by atoms with Gasteiger partial charge in [-0.15, -0.1) is 0 Å². The molecule has 0 heterocycles. The average Bonchev–Trinajstić information content (AvgIpc) is 2.91. The van der Waals surface area contributed by atoms with E-state index >= 15 is 0 Å². The molecule has 0 aliphatic rings. The fourth-order valence-corrected chi connectivity index (χ4v) is 3.25. The highest BCUT2D eigenvalue weighted by Gasteiger charge is 2.20. The van der Waals surface area contributed by atoms with Crippen LogP contribution in [0.4, 0.5) is 0 Å². The minimum atomic E-state index is -1.27. The summed E-state index contributed by atoms with van der Waals surface area (Å²) in [6.45, 7) is 12.6. The molecule has 2 N–H and O–H groups in total. The molecule has 37 heavy (non-hydrogen) atoms. The zero-order valence-corrected chi connectivity index (χ0v) is 21.7. The lowest BCUT2D eigenvalue weighted by atomic mass is 10.0. The predicted molar refractivity (Wildman–Crippen MR) is 140 cm³/mol. The zero-order valence-electron chi connectivity index (χ0n) is 21.7. The van der Waals surface area contributed by atoms with Crippen LogP contribution in [0.1, 0.15) is 72.4 Å². The molecule has 208 valence electrons. The van der Waals surface area contributed by atoms with Gasteiger partial charge in [0.25, 0.3) is 0 Å². The fraction of sp³-hybridized carbons (Fsp3) is 0.536. The third kappa shape index (κ3) is 14.5. The molecule has 0 fully saturated rings. The number of hydrogen-bond acceptors (Lipinski definition) is 9. The van der Waals surface area contributed by atoms with E-state index in [4.69, 9.17) is 28.4 Å². The van der Waals surface area contributed by atoms with Gasteiger partial charge in [0.05, 0.1) is 64.0 Å². The van der Waals surface area contributed by atoms with E-state index in [0.717, 1.165) is 19.3 Å². The Morgan fingerprint density at radius 3 is 1.76 bits per heavy atom. The van der Waals surface area contributed by atoms with Gasteiger partial charge in [-0.3, -0.25) is 0 Å². The third-order valence-electron chi connectivity index (χ3n) is 5.19. The molecule has 9 heteroatoms. The Bertz CT molecular complexity index is 781. The standard InChI is InChI=1S/C28H42O9/c1-4-32-13-7-10-16-35-26(22-29)23-19-24(27(30)36-17-11-8-14-33-5-2)21-25(20-23)28(31)37-18-12-9-15-34-6-3/h4-6,19-21,26-27,29-30H,1-3,7-18,22H2. The highest BCUT2D eigenvalue weighted by Crippen LogP contribution is 2.26. The molecule has 9 nitrogen and oxygen atoms in total. The maximum absolute atomic E-state index is 12.8. The summed E-state index contributed by atoms with van der Waals surface area (Å²) in [7, 11) is 0. The van der Waals surface area contributed by atoms with E-state index in [2.05, 4.69) is 19.7 Å². The van der Waals surface area contributed by atoms with Gasteiger partial charge in [-0.1, -0.05) is 19.7 Å². The summed E-state index contributed by atoms with van der Waals surface area (Å²) < 4.78 is 32.0. The number of rotatable bonds is 24.